The zero-order valence-corrected chi connectivity index (χ0v) is 13.2. The van der Waals surface area contributed by atoms with Crippen LogP contribution in [0.1, 0.15) is 30.6 Å². The zero-order chi connectivity index (χ0) is 15.1. The summed E-state index contributed by atoms with van der Waals surface area (Å²) in [6.45, 7) is 4.19. The quantitative estimate of drug-likeness (QED) is 0.787. The van der Waals surface area contributed by atoms with Crippen LogP contribution in [0, 0.1) is 5.92 Å². The van der Waals surface area contributed by atoms with Gasteiger partial charge in [-0.1, -0.05) is 19.9 Å². The van der Waals surface area contributed by atoms with E-state index in [9.17, 15) is 4.79 Å². The van der Waals surface area contributed by atoms with Crippen LogP contribution in [0.4, 0.5) is 0 Å². The Hall–Kier alpha value is -1.42. The Kier molecular flexibility index (Phi) is 6.65. The standard InChI is InChI=1S/C15H22ClNO3/c1-10(2)8-11(9-16)17-15(18)12-6-5-7-13(19-3)14(12)20-4/h5-7,10-11H,8-9H2,1-4H3,(H,17,18). The van der Waals surface area contributed by atoms with Gasteiger partial charge in [0.25, 0.3) is 5.91 Å². The molecule has 112 valence electrons. The first-order chi connectivity index (χ1) is 9.53. The van der Waals surface area contributed by atoms with Crippen molar-refractivity contribution in [1.29, 1.82) is 0 Å². The largest absolute Gasteiger partial charge is 0.493 e. The van der Waals surface area contributed by atoms with Gasteiger partial charge in [0.15, 0.2) is 11.5 Å². The van der Waals surface area contributed by atoms with E-state index in [1.807, 2.05) is 0 Å². The van der Waals surface area contributed by atoms with Crippen molar-refractivity contribution in [3.63, 3.8) is 0 Å². The van der Waals surface area contributed by atoms with Crippen molar-refractivity contribution in [2.24, 2.45) is 5.92 Å². The fourth-order valence-electron chi connectivity index (χ4n) is 2.06. The van der Waals surface area contributed by atoms with Crippen molar-refractivity contribution in [2.45, 2.75) is 26.3 Å². The molecule has 0 aliphatic carbocycles. The number of amides is 1. The molecule has 1 rings (SSSR count). The first-order valence-electron chi connectivity index (χ1n) is 6.61. The van der Waals surface area contributed by atoms with Crippen LogP contribution in [0.2, 0.25) is 0 Å². The lowest BCUT2D eigenvalue weighted by Crippen LogP contribution is -2.37. The van der Waals surface area contributed by atoms with Gasteiger partial charge in [0.2, 0.25) is 0 Å². The van der Waals surface area contributed by atoms with Crippen LogP contribution in [-0.4, -0.2) is 32.0 Å². The number of carbonyl (C=O) groups is 1. The fourth-order valence-corrected chi connectivity index (χ4v) is 2.26. The smallest absolute Gasteiger partial charge is 0.255 e. The van der Waals surface area contributed by atoms with E-state index in [2.05, 4.69) is 19.2 Å². The molecule has 0 fully saturated rings. The van der Waals surface area contributed by atoms with Crippen LogP contribution in [0.25, 0.3) is 0 Å². The molecule has 1 aromatic carbocycles. The topological polar surface area (TPSA) is 47.6 Å². The lowest BCUT2D eigenvalue weighted by molar-refractivity contribution is 0.0933. The van der Waals surface area contributed by atoms with Crippen molar-refractivity contribution < 1.29 is 14.3 Å². The second-order valence-corrected chi connectivity index (χ2v) is 5.30. The molecule has 0 aromatic heterocycles. The lowest BCUT2D eigenvalue weighted by Gasteiger charge is -2.19. The summed E-state index contributed by atoms with van der Waals surface area (Å²) in [6.07, 6.45) is 0.835. The van der Waals surface area contributed by atoms with E-state index < -0.39 is 0 Å². The number of ether oxygens (including phenoxy) is 2. The van der Waals surface area contributed by atoms with E-state index in [4.69, 9.17) is 21.1 Å². The van der Waals surface area contributed by atoms with E-state index in [0.29, 0.717) is 28.9 Å². The molecule has 1 unspecified atom stereocenters. The maximum atomic E-state index is 12.3. The number of para-hydroxylation sites is 1. The van der Waals surface area contributed by atoms with Gasteiger partial charge in [-0.2, -0.15) is 0 Å². The summed E-state index contributed by atoms with van der Waals surface area (Å²) in [5, 5.41) is 2.93. The molecule has 0 bridgehead atoms. The van der Waals surface area contributed by atoms with Crippen LogP contribution in [0.5, 0.6) is 11.5 Å². The maximum Gasteiger partial charge on any atom is 0.255 e. The van der Waals surface area contributed by atoms with Crippen LogP contribution >= 0.6 is 11.6 Å². The van der Waals surface area contributed by atoms with Crippen molar-refractivity contribution in [3.8, 4) is 11.5 Å². The molecule has 0 aliphatic rings. The van der Waals surface area contributed by atoms with Crippen molar-refractivity contribution in [3.05, 3.63) is 23.8 Å². The molecule has 0 saturated heterocycles. The predicted octanol–water partition coefficient (Wildman–Crippen LogP) is 3.09. The molecule has 0 radical (unpaired) electrons. The van der Waals surface area contributed by atoms with Crippen molar-refractivity contribution in [2.75, 3.05) is 20.1 Å². The third-order valence-corrected chi connectivity index (χ3v) is 3.30. The maximum absolute atomic E-state index is 12.3. The minimum absolute atomic E-state index is 0.0555. The monoisotopic (exact) mass is 299 g/mol. The minimum atomic E-state index is -0.202. The third kappa shape index (κ3) is 4.30. The molecule has 20 heavy (non-hydrogen) atoms. The second-order valence-electron chi connectivity index (χ2n) is 5.00. The summed E-state index contributed by atoms with van der Waals surface area (Å²) in [6, 6.07) is 5.16. The van der Waals surface area contributed by atoms with Crippen LogP contribution in [-0.2, 0) is 0 Å². The number of hydrogen-bond donors (Lipinski definition) is 1. The molecule has 5 heteroatoms. The zero-order valence-electron chi connectivity index (χ0n) is 12.4. The summed E-state index contributed by atoms with van der Waals surface area (Å²) in [4.78, 5) is 12.3. The van der Waals surface area contributed by atoms with Crippen molar-refractivity contribution in [1.82, 2.24) is 5.32 Å². The normalized spacial score (nSPS) is 12.1. The number of halogens is 1. The summed E-state index contributed by atoms with van der Waals surface area (Å²) >= 11 is 5.90. The molecule has 0 heterocycles. The molecule has 1 aromatic rings. The Balaban J connectivity index is 2.91. The van der Waals surface area contributed by atoms with Gasteiger partial charge in [0, 0.05) is 11.9 Å². The third-order valence-electron chi connectivity index (χ3n) is 2.92. The summed E-state index contributed by atoms with van der Waals surface area (Å²) in [5.74, 6) is 1.62. The Labute approximate surface area is 125 Å². The highest BCUT2D eigenvalue weighted by atomic mass is 35.5. The van der Waals surface area contributed by atoms with Gasteiger partial charge in [-0.25, -0.2) is 0 Å². The Morgan fingerprint density at radius 3 is 2.50 bits per heavy atom. The van der Waals surface area contributed by atoms with Gasteiger partial charge in [0.05, 0.1) is 19.8 Å². The highest BCUT2D eigenvalue weighted by Crippen LogP contribution is 2.30. The molecule has 0 spiro atoms. The molecular weight excluding hydrogens is 278 g/mol. The summed E-state index contributed by atoms with van der Waals surface area (Å²) < 4.78 is 10.5. The molecular formula is C15H22ClNO3. The average Bonchev–Trinajstić information content (AvgIpc) is 2.44. The molecule has 0 aliphatic heterocycles. The molecule has 1 N–H and O–H groups in total. The SMILES string of the molecule is COc1cccc(C(=O)NC(CCl)CC(C)C)c1OC. The predicted molar refractivity (Wildman–Crippen MR) is 81.0 cm³/mol. The molecule has 1 atom stereocenters. The number of rotatable bonds is 7. The van der Waals surface area contributed by atoms with Crippen LogP contribution in [0.3, 0.4) is 0 Å². The second kappa shape index (κ2) is 8.00. The Morgan fingerprint density at radius 2 is 2.00 bits per heavy atom. The van der Waals surface area contributed by atoms with Gasteiger partial charge < -0.3 is 14.8 Å². The Morgan fingerprint density at radius 1 is 1.30 bits per heavy atom. The number of hydrogen-bond acceptors (Lipinski definition) is 3. The lowest BCUT2D eigenvalue weighted by atomic mass is 10.0. The van der Waals surface area contributed by atoms with Crippen LogP contribution in [0.15, 0.2) is 18.2 Å². The van der Waals surface area contributed by atoms with Gasteiger partial charge in [-0.15, -0.1) is 11.6 Å². The van der Waals surface area contributed by atoms with E-state index in [1.54, 1.807) is 25.3 Å². The summed E-state index contributed by atoms with van der Waals surface area (Å²) in [5.41, 5.74) is 0.450. The number of benzene rings is 1. The fraction of sp³-hybridized carbons (Fsp3) is 0.533. The first kappa shape index (κ1) is 16.6. The highest BCUT2D eigenvalue weighted by Gasteiger charge is 2.19. The van der Waals surface area contributed by atoms with Gasteiger partial charge in [-0.05, 0) is 24.5 Å². The molecule has 4 nitrogen and oxygen atoms in total. The van der Waals surface area contributed by atoms with E-state index in [1.165, 1.54) is 7.11 Å². The number of methoxy groups -OCH3 is 2. The highest BCUT2D eigenvalue weighted by molar-refractivity contribution is 6.18. The molecule has 0 saturated carbocycles. The number of alkyl halides is 1. The minimum Gasteiger partial charge on any atom is -0.493 e. The molecule has 1 amide bonds. The van der Waals surface area contributed by atoms with E-state index >= 15 is 0 Å². The van der Waals surface area contributed by atoms with Gasteiger partial charge in [0.1, 0.15) is 0 Å². The average molecular weight is 300 g/mol. The van der Waals surface area contributed by atoms with E-state index in [-0.39, 0.29) is 11.9 Å². The Bertz CT molecular complexity index is 449. The van der Waals surface area contributed by atoms with Gasteiger partial charge in [-0.3, -0.25) is 4.79 Å². The van der Waals surface area contributed by atoms with Crippen LogP contribution < -0.4 is 14.8 Å². The van der Waals surface area contributed by atoms with E-state index in [0.717, 1.165) is 6.42 Å². The van der Waals surface area contributed by atoms with Crippen molar-refractivity contribution >= 4 is 17.5 Å². The first-order valence-corrected chi connectivity index (χ1v) is 7.14. The number of carbonyl (C=O) groups excluding carboxylic acids is 1. The number of nitrogens with one attached hydrogen (secondary N) is 1. The van der Waals surface area contributed by atoms with Gasteiger partial charge >= 0.3 is 0 Å². The summed E-state index contributed by atoms with van der Waals surface area (Å²) in [7, 11) is 3.06.